The number of nitrogens with zero attached hydrogens (tertiary/aromatic N) is 1. The predicted octanol–water partition coefficient (Wildman–Crippen LogP) is 4.71. The molecular weight excluding hydrogens is 644 g/mol. The van der Waals surface area contributed by atoms with E-state index in [4.69, 9.17) is 57.6 Å². The highest BCUT2D eigenvalue weighted by Gasteiger charge is 2.69. The van der Waals surface area contributed by atoms with Gasteiger partial charge in [-0.25, -0.2) is 13.2 Å². The molecule has 4 amide bonds. The molecule has 0 bridgehead atoms. The van der Waals surface area contributed by atoms with Crippen molar-refractivity contribution in [1.29, 1.82) is 0 Å². The van der Waals surface area contributed by atoms with E-state index in [9.17, 15) is 19.4 Å². The van der Waals surface area contributed by atoms with E-state index in [1.54, 1.807) is 0 Å². The Morgan fingerprint density at radius 1 is 1.06 bits per heavy atom. The molecule has 1 heterocycles. The summed E-state index contributed by atoms with van der Waals surface area (Å²) in [6, 6.07) is -13.5. The number of likely N-dealkylation sites (tertiary alicyclic amines) is 1. The number of ketones is 2. The first-order chi connectivity index (χ1) is 39.5. The predicted molar refractivity (Wildman–Crippen MR) is 189 cm³/mol. The second kappa shape index (κ2) is 14.3. The molecular formula is C37H62N4O7S. The number of piperidine rings is 1. The van der Waals surface area contributed by atoms with E-state index in [0.717, 1.165) is 10.6 Å². The fourth-order valence-electron chi connectivity index (χ4n) is 5.63. The molecule has 11 nitrogen and oxygen atoms in total. The molecule has 0 unspecified atom stereocenters. The molecule has 4 rings (SSSR count). The second-order valence-electron chi connectivity index (χ2n) is 12.1. The van der Waals surface area contributed by atoms with Gasteiger partial charge in [-0.1, -0.05) is 73.1 Å². The molecule has 0 aromatic rings. The minimum atomic E-state index is -7.36. The molecule has 3 N–H and O–H groups in total. The van der Waals surface area contributed by atoms with Crippen LogP contribution < -0.4 is 16.0 Å². The van der Waals surface area contributed by atoms with Crippen LogP contribution in [0.5, 0.6) is 0 Å². The Hall–Kier alpha value is -2.50. The largest absolute Gasteiger partial charge is 0.347 e. The summed E-state index contributed by atoms with van der Waals surface area (Å²) in [5.41, 5.74) is -11.7. The molecule has 1 aliphatic heterocycles. The van der Waals surface area contributed by atoms with Crippen molar-refractivity contribution in [3.8, 4) is 0 Å². The Kier molecular flexibility index (Phi) is 3.27. The van der Waals surface area contributed by atoms with Crippen LogP contribution in [0.4, 0.5) is 4.79 Å². The Bertz CT molecular complexity index is 3000. The van der Waals surface area contributed by atoms with Gasteiger partial charge in [0.05, 0.1) is 23.5 Å². The van der Waals surface area contributed by atoms with Crippen LogP contribution in [0.2, 0.25) is 0 Å². The molecule has 3 saturated carbocycles. The normalized spacial score (nSPS) is 50.0. The summed E-state index contributed by atoms with van der Waals surface area (Å²) < 4.78 is 383. The number of hydrogen-bond donors (Lipinski definition) is 3. The van der Waals surface area contributed by atoms with E-state index in [-0.39, 0.29) is 4.90 Å². The molecule has 0 spiro atoms. The van der Waals surface area contributed by atoms with Gasteiger partial charge in [0, 0.05) is 82.4 Å². The van der Waals surface area contributed by atoms with E-state index in [1.807, 2.05) is 0 Å². The molecule has 278 valence electrons. The quantitative estimate of drug-likeness (QED) is 0.217. The van der Waals surface area contributed by atoms with Gasteiger partial charge in [-0.3, -0.25) is 19.2 Å². The number of fused-ring (bicyclic) bond motifs is 1. The van der Waals surface area contributed by atoms with E-state index in [2.05, 4.69) is 0 Å². The highest BCUT2D eigenvalue weighted by atomic mass is 32.2. The SMILES string of the molecule is [2H]C([2H])([2H])C([2H])([2H])C([2H])([2H])C([2H])([2H])[C@]([2H])(CC(=O)[C@@H]1[C@@H]2[C@H](CN1C(=O)[C@@H](NC(=O)NC1(CS(=O)(=O)C(C([2H])([2H])[2H])(C([2H])([2H])[2H])C([2H])([2H])[2H])C([2H])([2H])C([2H])([2H])C([2H])([2H])C([2H])([2H])C1([2H])[2H])C(C([2H])([2H])[2H])(C([2H])([2H])[2H])C([2H])([2H])[2H])C2(C)C)C(=O)C(=O)NC1([2H])C([2H])([2H])C1([2H])[2H]. The van der Waals surface area contributed by atoms with Crippen LogP contribution in [0, 0.1) is 28.6 Å². The summed E-state index contributed by atoms with van der Waals surface area (Å²) in [7, 11) is -7.36. The first kappa shape index (κ1) is 11.3. The van der Waals surface area contributed by atoms with Gasteiger partial charge in [-0.2, -0.15) is 0 Å². The zero-order chi connectivity index (χ0) is 74.0. The minimum Gasteiger partial charge on any atom is -0.347 e. The van der Waals surface area contributed by atoms with Crippen LogP contribution in [0.3, 0.4) is 0 Å². The maximum Gasteiger partial charge on any atom is 0.315 e. The van der Waals surface area contributed by atoms with Crippen molar-refractivity contribution < 1.29 is 91.3 Å². The first-order valence-corrected chi connectivity index (χ1v) is 15.7. The lowest BCUT2D eigenvalue weighted by Gasteiger charge is -2.41. The number of hydrogen-bond acceptors (Lipinski definition) is 7. The van der Waals surface area contributed by atoms with Crippen molar-refractivity contribution in [2.24, 2.45) is 28.6 Å². The maximum atomic E-state index is 15.7. The van der Waals surface area contributed by atoms with Crippen LogP contribution in [-0.4, -0.2) is 83.4 Å². The number of rotatable bonds is 14. The van der Waals surface area contributed by atoms with Crippen LogP contribution in [0.15, 0.2) is 0 Å². The molecule has 4 fully saturated rings. The van der Waals surface area contributed by atoms with Crippen LogP contribution in [0.25, 0.3) is 0 Å². The van der Waals surface area contributed by atoms with Gasteiger partial charge in [0.1, 0.15) is 6.04 Å². The molecule has 4 aliphatic rings. The monoisotopic (exact) mass is 750 g/mol. The summed E-state index contributed by atoms with van der Waals surface area (Å²) in [5, 5.41) is 3.33. The van der Waals surface area contributed by atoms with Crippen molar-refractivity contribution in [2.75, 3.05) is 12.3 Å². The average molecular weight is 750 g/mol. The molecule has 5 atom stereocenters. The van der Waals surface area contributed by atoms with Gasteiger partial charge in [-0.05, 0) is 75.1 Å². The first-order valence-electron chi connectivity index (χ1n) is 35.5. The molecule has 0 aromatic heterocycles. The summed E-state index contributed by atoms with van der Waals surface area (Å²) in [6.45, 7) is -32.6. The van der Waals surface area contributed by atoms with Gasteiger partial charge in [0.2, 0.25) is 11.7 Å². The fourth-order valence-corrected chi connectivity index (χ4v) is 6.64. The van der Waals surface area contributed by atoms with E-state index in [1.165, 1.54) is 19.2 Å². The summed E-state index contributed by atoms with van der Waals surface area (Å²) in [6.07, 6.45) is -48.8. The number of sulfone groups is 1. The van der Waals surface area contributed by atoms with Gasteiger partial charge < -0.3 is 20.9 Å². The standard InChI is InChI=1S/C37H62N4O7S/c1-10-11-15-23(29(43)31(44)38-24-16-17-24)20-26(42)28-27-25(36(27,8)9)21-41(28)32(45)30(34(2,3)4)39-33(46)40-37(18-13-12-14-19-37)22-49(47,48)35(5,6)7/h23-25,27-28,30H,10-22H2,1-9H3,(H,38,44)(H2,39,40,46)/t23-,25+,27+,28-,30-/m1/s1/i1D3,2D3,3D3,4D3,5D3,6D3,7D3,10D2,11D2,12D2,13D2,14D2,15D2,16D2,17D2,18D2,19D2,23D,24D. The van der Waals surface area contributed by atoms with Gasteiger partial charge >= 0.3 is 6.03 Å². The zero-order valence-electron chi connectivity index (χ0n) is 68.6. The van der Waals surface area contributed by atoms with E-state index >= 15 is 14.4 Å². The van der Waals surface area contributed by atoms with E-state index in [0.29, 0.717) is 0 Å². The summed E-state index contributed by atoms with van der Waals surface area (Å²) >= 11 is 0. The van der Waals surface area contributed by atoms with Crippen LogP contribution in [0.1, 0.15) is 191 Å². The Morgan fingerprint density at radius 2 is 1.73 bits per heavy atom. The Labute approximate surface area is 354 Å². The average Bonchev–Trinajstić information content (AvgIpc) is 0.897. The van der Waals surface area contributed by atoms with Crippen molar-refractivity contribution in [1.82, 2.24) is 20.9 Å². The summed E-state index contributed by atoms with van der Waals surface area (Å²) in [5.74, 6) is -21.3. The van der Waals surface area contributed by atoms with Crippen molar-refractivity contribution in [2.45, 2.75) is 160 Å². The number of carbonyl (C=O) groups excluding carboxylic acids is 5. The zero-order valence-corrected chi connectivity index (χ0v) is 26.5. The lowest BCUT2D eigenvalue weighted by Crippen LogP contribution is -2.63. The van der Waals surface area contributed by atoms with Gasteiger partial charge in [0.15, 0.2) is 15.6 Å². The molecule has 0 aromatic carbocycles. The molecule has 3 aliphatic carbocycles. The van der Waals surface area contributed by atoms with Crippen molar-refractivity contribution in [3.63, 3.8) is 0 Å². The molecule has 49 heavy (non-hydrogen) atoms. The third-order valence-corrected chi connectivity index (χ3v) is 10.00. The van der Waals surface area contributed by atoms with E-state index < -0.39 is 227 Å². The van der Waals surface area contributed by atoms with Crippen LogP contribution >= 0.6 is 0 Å². The highest BCUT2D eigenvalue weighted by molar-refractivity contribution is 7.92. The number of urea groups is 1. The molecule has 12 heteroatoms. The maximum absolute atomic E-state index is 15.7. The van der Waals surface area contributed by atoms with Crippen molar-refractivity contribution in [3.05, 3.63) is 0 Å². The fraction of sp³-hybridized carbons (Fsp3) is 0.865. The smallest absolute Gasteiger partial charge is 0.315 e. The van der Waals surface area contributed by atoms with Gasteiger partial charge in [-0.15, -0.1) is 0 Å². The number of amides is 4. The van der Waals surface area contributed by atoms with Crippen molar-refractivity contribution >= 4 is 39.2 Å². The molecule has 0 radical (unpaired) electrons. The lowest BCUT2D eigenvalue weighted by atomic mass is 9.83. The molecule has 1 saturated heterocycles. The Morgan fingerprint density at radius 3 is 2.33 bits per heavy atom. The number of carbonyl (C=O) groups is 5. The third-order valence-electron chi connectivity index (χ3n) is 8.25. The second-order valence-corrected chi connectivity index (χ2v) is 14.2. The van der Waals surface area contributed by atoms with Crippen LogP contribution in [-0.2, 0) is 29.0 Å². The highest BCUT2D eigenvalue weighted by Crippen LogP contribution is 2.65. The topological polar surface area (TPSA) is 159 Å². The number of nitrogens with one attached hydrogen (secondary N) is 3. The third kappa shape index (κ3) is 8.87. The minimum absolute atomic E-state index is 0.0860. The van der Waals surface area contributed by atoms with Gasteiger partial charge in [0.25, 0.3) is 5.91 Å². The Balaban J connectivity index is 2.20. The lowest BCUT2D eigenvalue weighted by molar-refractivity contribution is -0.145. The number of Topliss-reactive ketones (excluding diaryl/α,β-unsaturated/α-hetero) is 2. The summed E-state index contributed by atoms with van der Waals surface area (Å²) in [4.78, 5) is 74.1.